The number of carbonyl (C=O) groups excluding carboxylic acids is 1. The Morgan fingerprint density at radius 1 is 1.32 bits per heavy atom. The first kappa shape index (κ1) is 16.4. The number of pyridine rings is 2. The van der Waals surface area contributed by atoms with Gasteiger partial charge >= 0.3 is 0 Å². The highest BCUT2D eigenvalue weighted by atomic mass is 35.5. The molecule has 0 atom stereocenters. The summed E-state index contributed by atoms with van der Waals surface area (Å²) in [6.45, 7) is 5.74. The number of methoxy groups -OCH3 is 1. The summed E-state index contributed by atoms with van der Waals surface area (Å²) in [4.78, 5) is 21.7. The molecule has 1 fully saturated rings. The van der Waals surface area contributed by atoms with Crippen LogP contribution in [-0.4, -0.2) is 43.6 Å². The summed E-state index contributed by atoms with van der Waals surface area (Å²) in [5.74, 6) is 0.896. The molecule has 3 heterocycles. The van der Waals surface area contributed by atoms with Gasteiger partial charge in [0, 0.05) is 56.2 Å². The Bertz CT molecular complexity index is 699. The van der Waals surface area contributed by atoms with Crippen LogP contribution in [0.15, 0.2) is 25.0 Å². The van der Waals surface area contributed by atoms with E-state index in [9.17, 15) is 4.79 Å². The Morgan fingerprint density at radius 2 is 2.00 bits per heavy atom. The van der Waals surface area contributed by atoms with E-state index >= 15 is 0 Å². The number of fused-ring (bicyclic) bond motifs is 1. The van der Waals surface area contributed by atoms with Gasteiger partial charge in [-0.3, -0.25) is 4.79 Å². The number of rotatable bonds is 3. The number of nitrogens with zero attached hydrogens (tertiary/aromatic N) is 3. The summed E-state index contributed by atoms with van der Waals surface area (Å²) in [5.41, 5.74) is 1.11. The van der Waals surface area contributed by atoms with Crippen molar-refractivity contribution in [3.63, 3.8) is 0 Å². The Morgan fingerprint density at radius 3 is 2.55 bits per heavy atom. The second-order valence-electron chi connectivity index (χ2n) is 4.94. The fourth-order valence-electron chi connectivity index (χ4n) is 2.20. The van der Waals surface area contributed by atoms with Gasteiger partial charge < -0.3 is 9.64 Å². The molecule has 0 bridgehead atoms. The van der Waals surface area contributed by atoms with Crippen LogP contribution in [0.1, 0.15) is 12.0 Å². The SMILES string of the molecule is C=C(C=O)c1cnc(N2CCC2)c2cnc(Cl)cc12.COC. The molecule has 2 aromatic rings. The van der Waals surface area contributed by atoms with Crippen LogP contribution in [0.25, 0.3) is 16.3 Å². The van der Waals surface area contributed by atoms with Crippen molar-refractivity contribution in [2.45, 2.75) is 6.42 Å². The molecule has 1 aliphatic rings. The first-order chi connectivity index (χ1) is 10.6. The monoisotopic (exact) mass is 319 g/mol. The van der Waals surface area contributed by atoms with Crippen molar-refractivity contribution in [3.8, 4) is 0 Å². The van der Waals surface area contributed by atoms with Crippen LogP contribution in [0.3, 0.4) is 0 Å². The minimum absolute atomic E-state index is 0.396. The molecule has 0 amide bonds. The number of hydrogen-bond acceptors (Lipinski definition) is 5. The second kappa shape index (κ2) is 7.33. The van der Waals surface area contributed by atoms with Crippen molar-refractivity contribution in [2.24, 2.45) is 0 Å². The molecule has 116 valence electrons. The van der Waals surface area contributed by atoms with Gasteiger partial charge in [0.05, 0.1) is 0 Å². The van der Waals surface area contributed by atoms with Crippen molar-refractivity contribution in [3.05, 3.63) is 35.8 Å². The zero-order chi connectivity index (χ0) is 16.1. The zero-order valence-electron chi connectivity index (χ0n) is 12.7. The van der Waals surface area contributed by atoms with E-state index in [0.29, 0.717) is 16.3 Å². The van der Waals surface area contributed by atoms with Gasteiger partial charge in [-0.2, -0.15) is 0 Å². The first-order valence-electron chi connectivity index (χ1n) is 6.86. The molecular weight excluding hydrogens is 302 g/mol. The molecule has 3 rings (SSSR count). The van der Waals surface area contributed by atoms with Gasteiger partial charge in [-0.1, -0.05) is 18.2 Å². The third-order valence-corrected chi connectivity index (χ3v) is 3.57. The van der Waals surface area contributed by atoms with Crippen LogP contribution in [-0.2, 0) is 9.53 Å². The van der Waals surface area contributed by atoms with Gasteiger partial charge in [0.2, 0.25) is 0 Å². The Labute approximate surface area is 134 Å². The maximum Gasteiger partial charge on any atom is 0.150 e. The summed E-state index contributed by atoms with van der Waals surface area (Å²) in [7, 11) is 3.25. The lowest BCUT2D eigenvalue weighted by Gasteiger charge is -2.33. The van der Waals surface area contributed by atoms with E-state index in [0.717, 1.165) is 36.0 Å². The van der Waals surface area contributed by atoms with E-state index in [1.54, 1.807) is 32.7 Å². The topological polar surface area (TPSA) is 55.3 Å². The van der Waals surface area contributed by atoms with Gasteiger partial charge in [0.1, 0.15) is 17.3 Å². The maximum atomic E-state index is 10.9. The molecule has 1 saturated heterocycles. The van der Waals surface area contributed by atoms with E-state index < -0.39 is 0 Å². The van der Waals surface area contributed by atoms with E-state index in [2.05, 4.69) is 26.2 Å². The smallest absolute Gasteiger partial charge is 0.150 e. The zero-order valence-corrected chi connectivity index (χ0v) is 13.4. The number of ether oxygens (including phenoxy) is 1. The van der Waals surface area contributed by atoms with Gasteiger partial charge in [0.15, 0.2) is 0 Å². The molecule has 0 radical (unpaired) electrons. The minimum atomic E-state index is 0.396. The molecule has 0 saturated carbocycles. The maximum absolute atomic E-state index is 10.9. The molecule has 5 nitrogen and oxygen atoms in total. The highest BCUT2D eigenvalue weighted by Crippen LogP contribution is 2.32. The predicted octanol–water partition coefficient (Wildman–Crippen LogP) is 2.97. The third-order valence-electron chi connectivity index (χ3n) is 3.36. The standard InChI is InChI=1S/C14H12ClN3O.C2H6O/c1-9(8-19)11-6-17-14(18-3-2-4-18)12-7-16-13(15)5-10(11)12;1-3-2/h5-8H,1-4H2;1-2H3. The molecule has 0 aliphatic carbocycles. The van der Waals surface area contributed by atoms with Crippen molar-refractivity contribution in [2.75, 3.05) is 32.2 Å². The molecule has 0 spiro atoms. The normalized spacial score (nSPS) is 13.1. The molecule has 1 aliphatic heterocycles. The van der Waals surface area contributed by atoms with Crippen LogP contribution < -0.4 is 4.90 Å². The second-order valence-corrected chi connectivity index (χ2v) is 5.33. The number of halogens is 1. The van der Waals surface area contributed by atoms with Crippen LogP contribution in [0.4, 0.5) is 5.82 Å². The fraction of sp³-hybridized carbons (Fsp3) is 0.312. The largest absolute Gasteiger partial charge is 0.388 e. The first-order valence-corrected chi connectivity index (χ1v) is 7.24. The van der Waals surface area contributed by atoms with Crippen LogP contribution in [0.2, 0.25) is 5.15 Å². The summed E-state index contributed by atoms with van der Waals surface area (Å²) in [6.07, 6.45) is 5.30. The Hall–Kier alpha value is -1.98. The van der Waals surface area contributed by atoms with Gasteiger partial charge in [0.25, 0.3) is 0 Å². The lowest BCUT2D eigenvalue weighted by atomic mass is 10.0. The van der Waals surface area contributed by atoms with Gasteiger partial charge in [-0.25, -0.2) is 9.97 Å². The Balaban J connectivity index is 0.000000545. The van der Waals surface area contributed by atoms with E-state index in [1.807, 2.05) is 0 Å². The number of allylic oxidation sites excluding steroid dienone is 1. The molecule has 2 aromatic heterocycles. The van der Waals surface area contributed by atoms with Gasteiger partial charge in [-0.05, 0) is 17.9 Å². The van der Waals surface area contributed by atoms with Crippen LogP contribution in [0.5, 0.6) is 0 Å². The van der Waals surface area contributed by atoms with Crippen LogP contribution in [0, 0.1) is 0 Å². The molecular formula is C16H18ClN3O2. The summed E-state index contributed by atoms with van der Waals surface area (Å²) in [6, 6.07) is 1.76. The summed E-state index contributed by atoms with van der Waals surface area (Å²) in [5, 5.41) is 2.17. The number of carbonyl (C=O) groups is 1. The lowest BCUT2D eigenvalue weighted by Crippen LogP contribution is -2.37. The number of aromatic nitrogens is 2. The van der Waals surface area contributed by atoms with Crippen LogP contribution >= 0.6 is 11.6 Å². The highest BCUT2D eigenvalue weighted by molar-refractivity contribution is 6.30. The van der Waals surface area contributed by atoms with Crippen molar-refractivity contribution in [1.29, 1.82) is 0 Å². The average molecular weight is 320 g/mol. The molecule has 0 aromatic carbocycles. The highest BCUT2D eigenvalue weighted by Gasteiger charge is 2.20. The summed E-state index contributed by atoms with van der Waals surface area (Å²) < 4.78 is 4.25. The molecule has 22 heavy (non-hydrogen) atoms. The third kappa shape index (κ3) is 3.26. The number of aldehydes is 1. The van der Waals surface area contributed by atoms with Crippen molar-refractivity contribution < 1.29 is 9.53 Å². The molecule has 0 unspecified atom stereocenters. The quantitative estimate of drug-likeness (QED) is 0.494. The minimum Gasteiger partial charge on any atom is -0.388 e. The van der Waals surface area contributed by atoms with E-state index in [4.69, 9.17) is 11.6 Å². The van der Waals surface area contributed by atoms with Crippen molar-refractivity contribution in [1.82, 2.24) is 9.97 Å². The lowest BCUT2D eigenvalue weighted by molar-refractivity contribution is -0.103. The average Bonchev–Trinajstić information content (AvgIpc) is 2.45. The molecule has 0 N–H and O–H groups in total. The predicted molar refractivity (Wildman–Crippen MR) is 89.4 cm³/mol. The van der Waals surface area contributed by atoms with Gasteiger partial charge in [-0.15, -0.1) is 0 Å². The van der Waals surface area contributed by atoms with E-state index in [-0.39, 0.29) is 0 Å². The Kier molecular flexibility index (Phi) is 5.46. The van der Waals surface area contributed by atoms with Crippen molar-refractivity contribution >= 4 is 40.1 Å². The number of hydrogen-bond donors (Lipinski definition) is 0. The molecule has 6 heteroatoms. The number of anilines is 1. The summed E-state index contributed by atoms with van der Waals surface area (Å²) >= 11 is 5.96. The fourth-order valence-corrected chi connectivity index (χ4v) is 2.35. The van der Waals surface area contributed by atoms with E-state index in [1.165, 1.54) is 6.42 Å².